The van der Waals surface area contributed by atoms with Crippen LogP contribution in [0.25, 0.3) is 0 Å². The van der Waals surface area contributed by atoms with Crippen molar-refractivity contribution in [3.8, 4) is 0 Å². The fourth-order valence-corrected chi connectivity index (χ4v) is 1.14. The number of hydrogen-bond acceptors (Lipinski definition) is 4. The van der Waals surface area contributed by atoms with E-state index in [2.05, 4.69) is 15.2 Å². The second-order valence-electron chi connectivity index (χ2n) is 3.10. The summed E-state index contributed by atoms with van der Waals surface area (Å²) in [6.45, 7) is 3.00. The summed E-state index contributed by atoms with van der Waals surface area (Å²) in [5, 5.41) is 6.48. The van der Waals surface area contributed by atoms with Crippen LogP contribution < -0.4 is 5.32 Å². The molecule has 1 aromatic heterocycles. The van der Waals surface area contributed by atoms with Crippen molar-refractivity contribution >= 4 is 11.9 Å². The minimum atomic E-state index is -0.832. The van der Waals surface area contributed by atoms with Crippen LogP contribution in [0.1, 0.15) is 13.3 Å². The van der Waals surface area contributed by atoms with Gasteiger partial charge < -0.3 is 10.1 Å². The Morgan fingerprint density at radius 3 is 2.94 bits per heavy atom. The molecule has 0 fully saturated rings. The number of nitrogens with zero attached hydrogens (tertiary/aromatic N) is 2. The predicted molar refractivity (Wildman–Crippen MR) is 56.5 cm³/mol. The molecule has 0 aliphatic heterocycles. The lowest BCUT2D eigenvalue weighted by molar-refractivity contribution is -0.154. The van der Waals surface area contributed by atoms with Gasteiger partial charge in [-0.2, -0.15) is 5.10 Å². The van der Waals surface area contributed by atoms with Crippen LogP contribution in [0.15, 0.2) is 18.5 Å². The van der Waals surface area contributed by atoms with Crippen molar-refractivity contribution in [3.63, 3.8) is 0 Å². The first-order chi connectivity index (χ1) is 7.74. The highest BCUT2D eigenvalue weighted by Crippen LogP contribution is 1.88. The molecule has 1 heterocycles. The molecule has 0 aliphatic carbocycles. The summed E-state index contributed by atoms with van der Waals surface area (Å²) < 4.78 is 6.30. The van der Waals surface area contributed by atoms with Crippen molar-refractivity contribution < 1.29 is 14.3 Å². The van der Waals surface area contributed by atoms with E-state index in [4.69, 9.17) is 0 Å². The zero-order valence-electron chi connectivity index (χ0n) is 9.18. The molecule has 0 radical (unpaired) electrons. The van der Waals surface area contributed by atoms with Gasteiger partial charge >= 0.3 is 11.9 Å². The second kappa shape index (κ2) is 6.60. The number of rotatable bonds is 5. The number of carbonyl (C=O) groups excluding carboxylic acids is 2. The van der Waals surface area contributed by atoms with Gasteiger partial charge in [-0.3, -0.25) is 9.48 Å². The van der Waals surface area contributed by atoms with Crippen molar-refractivity contribution in [1.29, 1.82) is 0 Å². The van der Waals surface area contributed by atoms with Crippen molar-refractivity contribution in [2.75, 3.05) is 13.2 Å². The number of hydrogen-bond donors (Lipinski definition) is 1. The molecule has 88 valence electrons. The van der Waals surface area contributed by atoms with E-state index in [9.17, 15) is 9.59 Å². The van der Waals surface area contributed by atoms with Crippen LogP contribution in [0.4, 0.5) is 0 Å². The van der Waals surface area contributed by atoms with Gasteiger partial charge in [0.15, 0.2) is 0 Å². The third kappa shape index (κ3) is 4.12. The number of nitrogens with one attached hydrogen (secondary N) is 1. The fourth-order valence-electron chi connectivity index (χ4n) is 1.14. The van der Waals surface area contributed by atoms with Crippen LogP contribution >= 0.6 is 0 Å². The first-order valence-corrected chi connectivity index (χ1v) is 5.16. The standard InChI is InChI=1S/C10H15N3O3/c1-2-16-10(15)9(14)11-5-3-7-13-8-4-6-12-13/h4,6,8H,2-3,5,7H2,1H3,(H,11,14). The summed E-state index contributed by atoms with van der Waals surface area (Å²) in [6, 6.07) is 1.83. The maximum absolute atomic E-state index is 11.1. The van der Waals surface area contributed by atoms with Gasteiger partial charge in [-0.25, -0.2) is 4.79 Å². The summed E-state index contributed by atoms with van der Waals surface area (Å²) in [4.78, 5) is 22.0. The summed E-state index contributed by atoms with van der Waals surface area (Å²) >= 11 is 0. The zero-order valence-corrected chi connectivity index (χ0v) is 9.18. The van der Waals surface area contributed by atoms with E-state index >= 15 is 0 Å². The van der Waals surface area contributed by atoms with E-state index < -0.39 is 11.9 Å². The molecule has 0 aliphatic rings. The number of ether oxygens (including phenoxy) is 1. The molecule has 6 heteroatoms. The fraction of sp³-hybridized carbons (Fsp3) is 0.500. The highest BCUT2D eigenvalue weighted by Gasteiger charge is 2.12. The molecule has 1 rings (SSSR count). The number of carbonyl (C=O) groups is 2. The van der Waals surface area contributed by atoms with Gasteiger partial charge in [-0.05, 0) is 19.4 Å². The molecule has 0 saturated carbocycles. The molecular formula is C10H15N3O3. The molecule has 0 aromatic carbocycles. The average molecular weight is 225 g/mol. The van der Waals surface area contributed by atoms with E-state index in [0.29, 0.717) is 19.5 Å². The largest absolute Gasteiger partial charge is 0.459 e. The van der Waals surface area contributed by atoms with E-state index in [-0.39, 0.29) is 6.61 Å². The van der Waals surface area contributed by atoms with Gasteiger partial charge in [0.25, 0.3) is 0 Å². The lowest BCUT2D eigenvalue weighted by Gasteiger charge is -2.04. The molecular weight excluding hydrogens is 210 g/mol. The van der Waals surface area contributed by atoms with Crippen molar-refractivity contribution in [2.24, 2.45) is 0 Å². The normalized spacial score (nSPS) is 9.81. The van der Waals surface area contributed by atoms with Crippen LogP contribution in [0.2, 0.25) is 0 Å². The van der Waals surface area contributed by atoms with Crippen molar-refractivity contribution in [2.45, 2.75) is 19.9 Å². The Morgan fingerprint density at radius 1 is 1.50 bits per heavy atom. The molecule has 0 unspecified atom stereocenters. The lowest BCUT2D eigenvalue weighted by atomic mass is 10.4. The Morgan fingerprint density at radius 2 is 2.31 bits per heavy atom. The molecule has 16 heavy (non-hydrogen) atoms. The molecule has 1 N–H and O–H groups in total. The smallest absolute Gasteiger partial charge is 0.396 e. The molecule has 0 saturated heterocycles. The topological polar surface area (TPSA) is 73.2 Å². The number of amides is 1. The predicted octanol–water partition coefficient (Wildman–Crippen LogP) is -0.0475. The van der Waals surface area contributed by atoms with Crippen molar-refractivity contribution in [3.05, 3.63) is 18.5 Å². The molecule has 0 spiro atoms. The minimum absolute atomic E-state index is 0.208. The maximum Gasteiger partial charge on any atom is 0.396 e. The Labute approximate surface area is 93.6 Å². The first kappa shape index (κ1) is 12.2. The second-order valence-corrected chi connectivity index (χ2v) is 3.10. The van der Waals surface area contributed by atoms with Gasteiger partial charge in [-0.1, -0.05) is 0 Å². The van der Waals surface area contributed by atoms with E-state index in [0.717, 1.165) is 0 Å². The minimum Gasteiger partial charge on any atom is -0.459 e. The Kier molecular flexibility index (Phi) is 5.04. The van der Waals surface area contributed by atoms with Gasteiger partial charge in [-0.15, -0.1) is 0 Å². The first-order valence-electron chi connectivity index (χ1n) is 5.16. The summed E-state index contributed by atoms with van der Waals surface area (Å²) in [7, 11) is 0. The molecule has 6 nitrogen and oxygen atoms in total. The summed E-state index contributed by atoms with van der Waals surface area (Å²) in [6.07, 6.45) is 4.25. The third-order valence-corrected chi connectivity index (χ3v) is 1.87. The number of aromatic nitrogens is 2. The van der Waals surface area contributed by atoms with E-state index in [1.54, 1.807) is 17.8 Å². The van der Waals surface area contributed by atoms with Gasteiger partial charge in [0.05, 0.1) is 6.61 Å². The van der Waals surface area contributed by atoms with Crippen LogP contribution in [-0.4, -0.2) is 34.8 Å². The molecule has 0 bridgehead atoms. The SMILES string of the molecule is CCOC(=O)C(=O)NCCCn1cccn1. The van der Waals surface area contributed by atoms with Crippen LogP contribution in [0.5, 0.6) is 0 Å². The highest BCUT2D eigenvalue weighted by molar-refractivity contribution is 6.32. The number of esters is 1. The molecule has 0 atom stereocenters. The van der Waals surface area contributed by atoms with Crippen molar-refractivity contribution in [1.82, 2.24) is 15.1 Å². The Bertz CT molecular complexity index is 335. The Balaban J connectivity index is 2.11. The third-order valence-electron chi connectivity index (χ3n) is 1.87. The van der Waals surface area contributed by atoms with Gasteiger partial charge in [0, 0.05) is 25.5 Å². The maximum atomic E-state index is 11.1. The monoisotopic (exact) mass is 225 g/mol. The quantitative estimate of drug-likeness (QED) is 0.433. The van der Waals surface area contributed by atoms with Crippen LogP contribution in [-0.2, 0) is 20.9 Å². The summed E-state index contributed by atoms with van der Waals surface area (Å²) in [5.41, 5.74) is 0. The zero-order chi connectivity index (χ0) is 11.8. The molecule has 1 aromatic rings. The van der Waals surface area contributed by atoms with Crippen LogP contribution in [0, 0.1) is 0 Å². The van der Waals surface area contributed by atoms with E-state index in [1.165, 1.54) is 0 Å². The highest BCUT2D eigenvalue weighted by atomic mass is 16.5. The number of aryl methyl sites for hydroxylation is 1. The van der Waals surface area contributed by atoms with Gasteiger partial charge in [0.1, 0.15) is 0 Å². The summed E-state index contributed by atoms with van der Waals surface area (Å²) in [5.74, 6) is -1.52. The lowest BCUT2D eigenvalue weighted by Crippen LogP contribution is -2.33. The van der Waals surface area contributed by atoms with Crippen LogP contribution in [0.3, 0.4) is 0 Å². The molecule has 1 amide bonds. The Hall–Kier alpha value is -1.85. The average Bonchev–Trinajstić information content (AvgIpc) is 2.77. The van der Waals surface area contributed by atoms with Gasteiger partial charge in [0.2, 0.25) is 0 Å². The van der Waals surface area contributed by atoms with E-state index in [1.807, 2.05) is 12.3 Å².